The number of hydrogen-bond acceptors (Lipinski definition) is 5. The highest BCUT2D eigenvalue weighted by atomic mass is 35.5. The number of hydrogen-bond donors (Lipinski definition) is 2. The van der Waals surface area contributed by atoms with Crippen molar-refractivity contribution < 1.29 is 24.2 Å². The molecule has 9 heteroatoms. The van der Waals surface area contributed by atoms with E-state index in [0.29, 0.717) is 11.3 Å². The predicted octanol–water partition coefficient (Wildman–Crippen LogP) is 6.99. The number of para-hydroxylation sites is 1. The number of carbonyl (C=O) groups excluding carboxylic acids is 2. The number of benzene rings is 3. The molecular weight excluding hydrogens is 539 g/mol. The minimum atomic E-state index is -0.946. The molecule has 1 atom stereocenters. The number of methoxy groups -OCH3 is 2. The lowest BCUT2D eigenvalue weighted by atomic mass is 9.92. The number of rotatable bonds is 6. The van der Waals surface area contributed by atoms with Gasteiger partial charge in [0.15, 0.2) is 11.5 Å². The second-order valence-corrected chi connectivity index (χ2v) is 9.97. The highest BCUT2D eigenvalue weighted by molar-refractivity contribution is 6.52. The Morgan fingerprint density at radius 2 is 1.69 bits per heavy atom. The Labute approximate surface area is 235 Å². The molecule has 1 aliphatic heterocycles. The highest BCUT2D eigenvalue weighted by Gasteiger charge is 2.48. The number of aryl methyl sites for hydroxylation is 2. The van der Waals surface area contributed by atoms with Crippen LogP contribution in [0.15, 0.2) is 60.2 Å². The number of carbonyl (C=O) groups is 2. The lowest BCUT2D eigenvalue weighted by molar-refractivity contribution is -0.132. The van der Waals surface area contributed by atoms with Crippen LogP contribution in [0, 0.1) is 6.92 Å². The fourth-order valence-corrected chi connectivity index (χ4v) is 5.89. The first-order chi connectivity index (χ1) is 18.7. The van der Waals surface area contributed by atoms with Crippen LogP contribution in [0.25, 0.3) is 16.7 Å². The molecule has 1 aliphatic rings. The number of halogens is 2. The molecule has 1 unspecified atom stereocenters. The molecule has 0 spiro atoms. The molecule has 0 saturated carbocycles. The number of aromatic nitrogens is 1. The molecule has 7 nitrogen and oxygen atoms in total. The summed E-state index contributed by atoms with van der Waals surface area (Å²) in [6.45, 7) is 3.91. The Morgan fingerprint density at radius 3 is 2.33 bits per heavy atom. The van der Waals surface area contributed by atoms with Crippen LogP contribution in [0.4, 0.5) is 5.69 Å². The first kappa shape index (κ1) is 26.7. The standard InChI is InChI=1S/C30H26Cl2N2O5/c1-5-16-10-12-17(13-11-16)34-25(22-15(2)33-21-9-7-6-8-18(21)22)23(27(36)30(34)37)26(35)19-14-20(31)29(39-4)24(32)28(19)38-3/h6-14,25,33,35H,5H2,1-4H3/b26-23+. The molecule has 0 radical (unpaired) electrons. The number of nitrogens with zero attached hydrogens (tertiary/aromatic N) is 1. The average molecular weight is 565 g/mol. The average Bonchev–Trinajstić information content (AvgIpc) is 3.40. The van der Waals surface area contributed by atoms with E-state index in [0.717, 1.165) is 28.6 Å². The van der Waals surface area contributed by atoms with Gasteiger partial charge in [-0.3, -0.25) is 14.5 Å². The normalized spacial score (nSPS) is 16.8. The number of fused-ring (bicyclic) bond motifs is 1. The van der Waals surface area contributed by atoms with Gasteiger partial charge >= 0.3 is 0 Å². The van der Waals surface area contributed by atoms with Crippen LogP contribution in [0.3, 0.4) is 0 Å². The van der Waals surface area contributed by atoms with Gasteiger partial charge in [0.1, 0.15) is 10.8 Å². The van der Waals surface area contributed by atoms with Crippen molar-refractivity contribution >= 4 is 57.2 Å². The number of nitrogens with one attached hydrogen (secondary N) is 1. The molecule has 1 amide bonds. The Bertz CT molecular complexity index is 1660. The number of ketones is 1. The number of amides is 1. The van der Waals surface area contributed by atoms with Gasteiger partial charge in [0.2, 0.25) is 0 Å². The van der Waals surface area contributed by atoms with Crippen LogP contribution in [0.1, 0.15) is 35.3 Å². The van der Waals surface area contributed by atoms with Gasteiger partial charge in [0.25, 0.3) is 11.7 Å². The van der Waals surface area contributed by atoms with Crippen molar-refractivity contribution in [3.8, 4) is 11.5 Å². The van der Waals surface area contributed by atoms with E-state index >= 15 is 0 Å². The van der Waals surface area contributed by atoms with Gasteiger partial charge in [0, 0.05) is 27.8 Å². The number of aromatic amines is 1. The first-order valence-electron chi connectivity index (χ1n) is 12.3. The predicted molar refractivity (Wildman–Crippen MR) is 153 cm³/mol. The molecule has 1 fully saturated rings. The van der Waals surface area contributed by atoms with E-state index in [2.05, 4.69) is 4.98 Å². The van der Waals surface area contributed by atoms with Gasteiger partial charge in [-0.1, -0.05) is 60.5 Å². The van der Waals surface area contributed by atoms with Gasteiger partial charge in [-0.2, -0.15) is 0 Å². The maximum absolute atomic E-state index is 13.7. The van der Waals surface area contributed by atoms with E-state index in [4.69, 9.17) is 32.7 Å². The molecule has 0 aliphatic carbocycles. The second kappa shape index (κ2) is 10.3. The maximum Gasteiger partial charge on any atom is 0.300 e. The SMILES string of the molecule is CCc1ccc(N2C(=O)C(=O)/C(=C(/O)c3cc(Cl)c(OC)c(Cl)c3OC)C2c2c(C)[nH]c3ccccc23)cc1. The summed E-state index contributed by atoms with van der Waals surface area (Å²) in [6.07, 6.45) is 0.822. The van der Waals surface area contributed by atoms with Crippen molar-refractivity contribution in [2.45, 2.75) is 26.3 Å². The third-order valence-electron chi connectivity index (χ3n) is 7.08. The third-order valence-corrected chi connectivity index (χ3v) is 7.70. The summed E-state index contributed by atoms with van der Waals surface area (Å²) in [6, 6.07) is 15.5. The molecule has 1 saturated heterocycles. The molecule has 3 aromatic carbocycles. The Hall–Kier alpha value is -3.94. The molecule has 1 aromatic heterocycles. The smallest absolute Gasteiger partial charge is 0.300 e. The monoisotopic (exact) mass is 564 g/mol. The van der Waals surface area contributed by atoms with Crippen molar-refractivity contribution in [2.24, 2.45) is 0 Å². The largest absolute Gasteiger partial charge is 0.507 e. The summed E-state index contributed by atoms with van der Waals surface area (Å²) < 4.78 is 10.8. The number of H-pyrrole nitrogens is 1. The zero-order chi connectivity index (χ0) is 28.0. The third kappa shape index (κ3) is 4.22. The van der Waals surface area contributed by atoms with Crippen molar-refractivity contribution in [1.29, 1.82) is 0 Å². The Kier molecular flexibility index (Phi) is 7.05. The molecule has 5 rings (SSSR count). The van der Waals surface area contributed by atoms with E-state index < -0.39 is 23.5 Å². The lowest BCUT2D eigenvalue weighted by Crippen LogP contribution is -2.29. The molecule has 39 heavy (non-hydrogen) atoms. The molecule has 2 N–H and O–H groups in total. The number of Topliss-reactive ketones (excluding diaryl/α,β-unsaturated/α-hetero) is 1. The number of aliphatic hydroxyl groups is 1. The van der Waals surface area contributed by atoms with Gasteiger partial charge in [-0.25, -0.2) is 0 Å². The highest BCUT2D eigenvalue weighted by Crippen LogP contribution is 2.49. The number of anilines is 1. The minimum Gasteiger partial charge on any atom is -0.507 e. The Balaban J connectivity index is 1.84. The van der Waals surface area contributed by atoms with Crippen LogP contribution in [-0.2, 0) is 16.0 Å². The molecule has 2 heterocycles. The van der Waals surface area contributed by atoms with Crippen molar-refractivity contribution in [2.75, 3.05) is 19.1 Å². The minimum absolute atomic E-state index is 0.0262. The van der Waals surface area contributed by atoms with E-state index in [1.807, 2.05) is 62.4 Å². The second-order valence-electron chi connectivity index (χ2n) is 9.18. The van der Waals surface area contributed by atoms with Gasteiger partial charge in [-0.05, 0) is 43.2 Å². The fraction of sp³-hybridized carbons (Fsp3) is 0.200. The number of aliphatic hydroxyl groups excluding tert-OH is 1. The van der Waals surface area contributed by atoms with Crippen molar-refractivity contribution in [3.63, 3.8) is 0 Å². The summed E-state index contributed by atoms with van der Waals surface area (Å²) in [5.41, 5.74) is 3.85. The quantitative estimate of drug-likeness (QED) is 0.149. The van der Waals surface area contributed by atoms with E-state index in [-0.39, 0.29) is 32.7 Å². The summed E-state index contributed by atoms with van der Waals surface area (Å²) in [4.78, 5) is 32.2. The number of ether oxygens (including phenoxy) is 2. The van der Waals surface area contributed by atoms with Crippen LogP contribution in [0.2, 0.25) is 10.0 Å². The molecule has 0 bridgehead atoms. The molecule has 4 aromatic rings. The van der Waals surface area contributed by atoms with Gasteiger partial charge in [0.05, 0.1) is 36.4 Å². The lowest BCUT2D eigenvalue weighted by Gasteiger charge is -2.26. The maximum atomic E-state index is 13.7. The van der Waals surface area contributed by atoms with Crippen LogP contribution in [0.5, 0.6) is 11.5 Å². The Morgan fingerprint density at radius 1 is 1.03 bits per heavy atom. The van der Waals surface area contributed by atoms with E-state index in [1.54, 1.807) is 0 Å². The summed E-state index contributed by atoms with van der Waals surface area (Å²) >= 11 is 12.9. The van der Waals surface area contributed by atoms with Crippen LogP contribution < -0.4 is 14.4 Å². The van der Waals surface area contributed by atoms with Crippen molar-refractivity contribution in [1.82, 2.24) is 4.98 Å². The molecular formula is C30H26Cl2N2O5. The first-order valence-corrected chi connectivity index (χ1v) is 13.1. The summed E-state index contributed by atoms with van der Waals surface area (Å²) in [7, 11) is 2.78. The topological polar surface area (TPSA) is 91.9 Å². The molecule has 200 valence electrons. The van der Waals surface area contributed by atoms with Crippen LogP contribution in [-0.4, -0.2) is 36.0 Å². The van der Waals surface area contributed by atoms with Gasteiger partial charge in [-0.15, -0.1) is 0 Å². The summed E-state index contributed by atoms with van der Waals surface area (Å²) in [5.74, 6) is -1.85. The van der Waals surface area contributed by atoms with E-state index in [1.165, 1.54) is 25.2 Å². The van der Waals surface area contributed by atoms with Crippen molar-refractivity contribution in [3.05, 3.63) is 92.6 Å². The van der Waals surface area contributed by atoms with Gasteiger partial charge < -0.3 is 19.6 Å². The zero-order valence-electron chi connectivity index (χ0n) is 21.8. The fourth-order valence-electron chi connectivity index (χ4n) is 5.21. The van der Waals surface area contributed by atoms with E-state index in [9.17, 15) is 14.7 Å². The zero-order valence-corrected chi connectivity index (χ0v) is 23.3. The summed E-state index contributed by atoms with van der Waals surface area (Å²) in [5, 5.41) is 12.7. The van der Waals surface area contributed by atoms with Crippen LogP contribution >= 0.6 is 23.2 Å².